The number of benzene rings is 1. The first kappa shape index (κ1) is 18.6. The van der Waals surface area contributed by atoms with Gasteiger partial charge in [-0.1, -0.05) is 11.3 Å². The van der Waals surface area contributed by atoms with Gasteiger partial charge in [0.15, 0.2) is 11.5 Å². The van der Waals surface area contributed by atoms with E-state index in [2.05, 4.69) is 15.5 Å². The van der Waals surface area contributed by atoms with Crippen molar-refractivity contribution < 1.29 is 28.6 Å². The zero-order chi connectivity index (χ0) is 19.7. The van der Waals surface area contributed by atoms with E-state index in [-0.39, 0.29) is 35.0 Å². The highest BCUT2D eigenvalue weighted by molar-refractivity contribution is 7.15. The number of rotatable bonds is 6. The predicted molar refractivity (Wildman–Crippen MR) is 96.1 cm³/mol. The Kier molecular flexibility index (Phi) is 4.95. The van der Waals surface area contributed by atoms with Crippen molar-refractivity contribution in [3.8, 4) is 17.2 Å². The summed E-state index contributed by atoms with van der Waals surface area (Å²) >= 11 is 1.20. The number of ether oxygens (including phenoxy) is 3. The van der Waals surface area contributed by atoms with Gasteiger partial charge in [0.2, 0.25) is 16.8 Å². The molecule has 0 radical (unpaired) electrons. The van der Waals surface area contributed by atoms with Crippen LogP contribution in [0, 0.1) is 6.92 Å². The molecule has 0 spiro atoms. The van der Waals surface area contributed by atoms with Gasteiger partial charge >= 0.3 is 0 Å². The van der Waals surface area contributed by atoms with Crippen molar-refractivity contribution in [2.45, 2.75) is 6.92 Å². The summed E-state index contributed by atoms with van der Waals surface area (Å²) in [5.41, 5.74) is 0.239. The van der Waals surface area contributed by atoms with Crippen molar-refractivity contribution in [3.05, 3.63) is 16.6 Å². The number of Topliss-reactive ketones (excluding diaryl/α,β-unsaturated/α-hetero) is 1. The summed E-state index contributed by atoms with van der Waals surface area (Å²) in [5, 5.41) is 11.1. The molecule has 1 N–H and O–H groups in total. The number of carbonyl (C=O) groups is 3. The molecule has 1 aromatic carbocycles. The van der Waals surface area contributed by atoms with Gasteiger partial charge in [0.25, 0.3) is 11.7 Å². The van der Waals surface area contributed by atoms with Crippen LogP contribution in [0.4, 0.5) is 10.8 Å². The van der Waals surface area contributed by atoms with Crippen molar-refractivity contribution in [2.75, 3.05) is 38.1 Å². The largest absolute Gasteiger partial charge is 0.493 e. The zero-order valence-corrected chi connectivity index (χ0v) is 15.8. The van der Waals surface area contributed by atoms with Crippen LogP contribution in [-0.2, 0) is 9.59 Å². The molecule has 0 saturated heterocycles. The number of anilines is 2. The van der Waals surface area contributed by atoms with Crippen LogP contribution >= 0.6 is 11.3 Å². The number of hydrogen-bond acceptors (Lipinski definition) is 9. The lowest BCUT2D eigenvalue weighted by atomic mass is 10.1. The van der Waals surface area contributed by atoms with E-state index in [1.165, 1.54) is 38.7 Å². The molecule has 1 aliphatic rings. The van der Waals surface area contributed by atoms with Gasteiger partial charge in [-0.15, -0.1) is 10.2 Å². The van der Waals surface area contributed by atoms with Gasteiger partial charge in [-0.3, -0.25) is 24.6 Å². The third kappa shape index (κ3) is 3.16. The van der Waals surface area contributed by atoms with E-state index in [0.717, 1.165) is 4.90 Å². The molecule has 11 heteroatoms. The summed E-state index contributed by atoms with van der Waals surface area (Å²) < 4.78 is 15.8. The van der Waals surface area contributed by atoms with Crippen LogP contribution in [0.25, 0.3) is 0 Å². The molecular formula is C16H16N4O6S. The first-order valence-corrected chi connectivity index (χ1v) is 8.52. The molecule has 2 aromatic rings. The third-order valence-corrected chi connectivity index (χ3v) is 4.59. The second-order valence-corrected chi connectivity index (χ2v) is 6.62. The Bertz CT molecular complexity index is 941. The summed E-state index contributed by atoms with van der Waals surface area (Å²) in [6, 6.07) is 1.46. The van der Waals surface area contributed by atoms with Crippen LogP contribution in [0.5, 0.6) is 17.2 Å². The topological polar surface area (TPSA) is 120 Å². The van der Waals surface area contributed by atoms with Crippen molar-refractivity contribution in [1.29, 1.82) is 0 Å². The molecular weight excluding hydrogens is 376 g/mol. The molecule has 142 valence electrons. The molecule has 0 aliphatic carbocycles. The van der Waals surface area contributed by atoms with Crippen LogP contribution in [-0.4, -0.2) is 55.7 Å². The summed E-state index contributed by atoms with van der Waals surface area (Å²) in [5.74, 6) is -1.62. The number of methoxy groups -OCH3 is 3. The Morgan fingerprint density at radius 2 is 1.85 bits per heavy atom. The smallest absolute Gasteiger partial charge is 0.300 e. The molecule has 1 aliphatic heterocycles. The maximum absolute atomic E-state index is 12.5. The minimum absolute atomic E-state index is 0.0275. The minimum atomic E-state index is -0.845. The van der Waals surface area contributed by atoms with E-state index < -0.39 is 17.6 Å². The first-order valence-electron chi connectivity index (χ1n) is 7.70. The molecule has 10 nitrogen and oxygen atoms in total. The molecule has 1 aromatic heterocycles. The number of ketones is 1. The van der Waals surface area contributed by atoms with E-state index in [1.54, 1.807) is 6.92 Å². The van der Waals surface area contributed by atoms with E-state index in [1.807, 2.05) is 0 Å². The maximum atomic E-state index is 12.5. The van der Waals surface area contributed by atoms with Crippen molar-refractivity contribution in [2.24, 2.45) is 0 Å². The highest BCUT2D eigenvalue weighted by Gasteiger charge is 2.42. The summed E-state index contributed by atoms with van der Waals surface area (Å²) in [7, 11) is 4.16. The van der Waals surface area contributed by atoms with Gasteiger partial charge in [-0.25, -0.2) is 0 Å². The van der Waals surface area contributed by atoms with E-state index in [4.69, 9.17) is 14.2 Å². The maximum Gasteiger partial charge on any atom is 0.300 e. The van der Waals surface area contributed by atoms with Crippen LogP contribution in [0.2, 0.25) is 0 Å². The van der Waals surface area contributed by atoms with Gasteiger partial charge in [0.1, 0.15) is 11.6 Å². The monoisotopic (exact) mass is 392 g/mol. The van der Waals surface area contributed by atoms with Crippen molar-refractivity contribution >= 4 is 39.8 Å². The number of nitrogens with zero attached hydrogens (tertiary/aromatic N) is 3. The average Bonchev–Trinajstić information content (AvgIpc) is 3.16. The van der Waals surface area contributed by atoms with Crippen molar-refractivity contribution in [1.82, 2.24) is 10.2 Å². The molecule has 27 heavy (non-hydrogen) atoms. The summed E-state index contributed by atoms with van der Waals surface area (Å²) in [6.45, 7) is 1.37. The number of amides is 2. The first-order chi connectivity index (χ1) is 12.9. The Hall–Kier alpha value is -3.21. The highest BCUT2D eigenvalue weighted by atomic mass is 32.1. The summed E-state index contributed by atoms with van der Waals surface area (Å²) in [6.07, 6.45) is 0. The van der Waals surface area contributed by atoms with Gasteiger partial charge in [-0.2, -0.15) is 0 Å². The fourth-order valence-electron chi connectivity index (χ4n) is 2.72. The fraction of sp³-hybridized carbons (Fsp3) is 0.312. The number of aryl methyl sites for hydroxylation is 1. The van der Waals surface area contributed by atoms with Crippen LogP contribution in [0.1, 0.15) is 15.4 Å². The van der Waals surface area contributed by atoms with Gasteiger partial charge < -0.3 is 14.2 Å². The SMILES string of the molecule is COc1cc2c(c(OC)c1OC)C(=O)C(=O)N2CC(=O)Nc1nnc(C)s1. The number of carbonyl (C=O) groups excluding carboxylic acids is 3. The normalized spacial score (nSPS) is 12.8. The predicted octanol–water partition coefficient (Wildman–Crippen LogP) is 1.04. The van der Waals surface area contributed by atoms with E-state index >= 15 is 0 Å². The lowest BCUT2D eigenvalue weighted by Gasteiger charge is -2.19. The molecule has 0 saturated carbocycles. The second-order valence-electron chi connectivity index (χ2n) is 5.43. The lowest BCUT2D eigenvalue weighted by molar-refractivity contribution is -0.118. The third-order valence-electron chi connectivity index (χ3n) is 3.84. The molecule has 0 atom stereocenters. The van der Waals surface area contributed by atoms with Gasteiger partial charge in [-0.05, 0) is 6.92 Å². The standard InChI is InChI=1S/C16H16N4O6S/c1-7-18-19-16(27-7)17-10(21)6-20-8-5-9(24-2)13(25-3)14(26-4)11(8)12(22)15(20)23/h5H,6H2,1-4H3,(H,17,19,21). The minimum Gasteiger partial charge on any atom is -0.493 e. The Balaban J connectivity index is 1.96. The number of fused-ring (bicyclic) bond motifs is 1. The molecule has 3 rings (SSSR count). The molecule has 2 heterocycles. The zero-order valence-electron chi connectivity index (χ0n) is 15.0. The van der Waals surface area contributed by atoms with E-state index in [9.17, 15) is 14.4 Å². The molecule has 0 bridgehead atoms. The second kappa shape index (κ2) is 7.19. The van der Waals surface area contributed by atoms with Gasteiger partial charge in [0, 0.05) is 6.07 Å². The highest BCUT2D eigenvalue weighted by Crippen LogP contribution is 2.47. The van der Waals surface area contributed by atoms with Crippen LogP contribution < -0.4 is 24.4 Å². The average molecular weight is 392 g/mol. The Morgan fingerprint density at radius 1 is 1.15 bits per heavy atom. The number of nitrogens with one attached hydrogen (secondary N) is 1. The molecule has 0 unspecified atom stereocenters. The van der Waals surface area contributed by atoms with Gasteiger partial charge in [0.05, 0.1) is 32.6 Å². The molecule has 0 fully saturated rings. The Labute approximate surface area is 158 Å². The van der Waals surface area contributed by atoms with Crippen LogP contribution in [0.15, 0.2) is 6.07 Å². The number of aromatic nitrogens is 2. The van der Waals surface area contributed by atoms with Crippen molar-refractivity contribution in [3.63, 3.8) is 0 Å². The van der Waals surface area contributed by atoms with E-state index in [0.29, 0.717) is 10.1 Å². The number of hydrogen-bond donors (Lipinski definition) is 1. The molecule has 2 amide bonds. The summed E-state index contributed by atoms with van der Waals surface area (Å²) in [4.78, 5) is 38.3. The Morgan fingerprint density at radius 3 is 2.41 bits per heavy atom. The fourth-order valence-corrected chi connectivity index (χ4v) is 3.33. The van der Waals surface area contributed by atoms with Crippen LogP contribution in [0.3, 0.4) is 0 Å². The quantitative estimate of drug-likeness (QED) is 0.724. The lowest BCUT2D eigenvalue weighted by Crippen LogP contribution is -2.37.